The molecule has 4 heteroatoms. The van der Waals surface area contributed by atoms with Gasteiger partial charge in [0.15, 0.2) is 0 Å². The van der Waals surface area contributed by atoms with Gasteiger partial charge >= 0.3 is 0 Å². The lowest BCUT2D eigenvalue weighted by Crippen LogP contribution is -2.14. The Morgan fingerprint density at radius 3 is 2.82 bits per heavy atom. The maximum Gasteiger partial charge on any atom is 0.117 e. The van der Waals surface area contributed by atoms with E-state index in [-0.39, 0.29) is 0 Å². The largest absolute Gasteiger partial charge is 0.311 e. The quantitative estimate of drug-likeness (QED) is 0.775. The molecule has 2 rings (SSSR count). The highest BCUT2D eigenvalue weighted by atomic mass is 15.3. The van der Waals surface area contributed by atoms with Gasteiger partial charge in [0.2, 0.25) is 0 Å². The summed E-state index contributed by atoms with van der Waals surface area (Å²) in [6.45, 7) is 6.00. The molecule has 1 aromatic heterocycles. The molecule has 2 aromatic rings. The van der Waals surface area contributed by atoms with Crippen LogP contribution in [-0.4, -0.2) is 22.0 Å². The number of nitrogens with one attached hydrogen (secondary N) is 2. The van der Waals surface area contributed by atoms with Crippen LogP contribution in [-0.2, 0) is 6.54 Å². The molecule has 1 aromatic carbocycles. The first kappa shape index (κ1) is 11.8. The minimum atomic E-state index is 0.758. The van der Waals surface area contributed by atoms with Crippen LogP contribution < -0.4 is 5.32 Å². The zero-order chi connectivity index (χ0) is 12.1. The molecule has 0 unspecified atom stereocenters. The lowest BCUT2D eigenvalue weighted by molar-refractivity contribution is 0.663. The molecule has 0 saturated carbocycles. The van der Waals surface area contributed by atoms with E-state index in [1.165, 1.54) is 5.56 Å². The number of aryl methyl sites for hydroxylation is 1. The molecule has 4 nitrogen and oxygen atoms in total. The van der Waals surface area contributed by atoms with Crippen LogP contribution in [0.1, 0.15) is 24.6 Å². The summed E-state index contributed by atoms with van der Waals surface area (Å²) in [5.41, 5.74) is 4.30. The van der Waals surface area contributed by atoms with E-state index in [2.05, 4.69) is 46.7 Å². The van der Waals surface area contributed by atoms with E-state index in [9.17, 15) is 0 Å². The van der Waals surface area contributed by atoms with E-state index in [1.807, 2.05) is 12.1 Å². The van der Waals surface area contributed by atoms with Crippen LogP contribution in [0.2, 0.25) is 0 Å². The van der Waals surface area contributed by atoms with Gasteiger partial charge in [0.25, 0.3) is 0 Å². The number of aromatic nitrogens is 3. The fraction of sp³-hybridized carbons (Fsp3) is 0.385. The van der Waals surface area contributed by atoms with Crippen LogP contribution in [0.4, 0.5) is 0 Å². The van der Waals surface area contributed by atoms with E-state index < -0.39 is 0 Å². The van der Waals surface area contributed by atoms with Crippen molar-refractivity contribution in [1.29, 1.82) is 0 Å². The average molecular weight is 230 g/mol. The minimum Gasteiger partial charge on any atom is -0.311 e. The summed E-state index contributed by atoms with van der Waals surface area (Å²) in [7, 11) is 0. The molecule has 0 radical (unpaired) electrons. The second-order valence-electron chi connectivity index (χ2n) is 4.11. The van der Waals surface area contributed by atoms with Crippen molar-refractivity contribution in [2.45, 2.75) is 26.8 Å². The third-order valence-corrected chi connectivity index (χ3v) is 2.74. The maximum atomic E-state index is 4.25. The van der Waals surface area contributed by atoms with Crippen LogP contribution in [0, 0.1) is 6.92 Å². The Morgan fingerprint density at radius 2 is 2.06 bits per heavy atom. The topological polar surface area (TPSA) is 53.6 Å². The smallest absolute Gasteiger partial charge is 0.117 e. The van der Waals surface area contributed by atoms with Crippen molar-refractivity contribution in [2.24, 2.45) is 0 Å². The Balaban J connectivity index is 2.22. The SMILES string of the molecule is CCCNCc1n[nH]nc1-c1ccccc1C. The summed E-state index contributed by atoms with van der Waals surface area (Å²) >= 11 is 0. The predicted octanol–water partition coefficient (Wildman–Crippen LogP) is 2.28. The summed E-state index contributed by atoms with van der Waals surface area (Å²) < 4.78 is 0. The zero-order valence-electron chi connectivity index (χ0n) is 10.3. The first-order chi connectivity index (χ1) is 8.33. The molecule has 0 spiro atoms. The van der Waals surface area contributed by atoms with Gasteiger partial charge in [-0.3, -0.25) is 0 Å². The molecule has 0 aliphatic rings. The predicted molar refractivity (Wildman–Crippen MR) is 68.6 cm³/mol. The molecule has 17 heavy (non-hydrogen) atoms. The Morgan fingerprint density at radius 1 is 1.24 bits per heavy atom. The summed E-state index contributed by atoms with van der Waals surface area (Å²) in [4.78, 5) is 0. The van der Waals surface area contributed by atoms with Gasteiger partial charge < -0.3 is 5.32 Å². The van der Waals surface area contributed by atoms with E-state index in [0.717, 1.165) is 36.5 Å². The number of hydrogen-bond donors (Lipinski definition) is 2. The van der Waals surface area contributed by atoms with Gasteiger partial charge in [-0.05, 0) is 25.5 Å². The third-order valence-electron chi connectivity index (χ3n) is 2.74. The molecule has 90 valence electrons. The average Bonchev–Trinajstić information content (AvgIpc) is 2.78. The Kier molecular flexibility index (Phi) is 3.88. The normalized spacial score (nSPS) is 10.7. The van der Waals surface area contributed by atoms with Gasteiger partial charge in [-0.1, -0.05) is 31.2 Å². The van der Waals surface area contributed by atoms with E-state index in [0.29, 0.717) is 0 Å². The van der Waals surface area contributed by atoms with Crippen molar-refractivity contribution in [2.75, 3.05) is 6.54 Å². The van der Waals surface area contributed by atoms with Crippen molar-refractivity contribution in [1.82, 2.24) is 20.7 Å². The standard InChI is InChI=1S/C13H18N4/c1-3-8-14-9-12-13(16-17-15-12)11-7-5-4-6-10(11)2/h4-7,14H,3,8-9H2,1-2H3,(H,15,16,17). The summed E-state index contributed by atoms with van der Waals surface area (Å²) in [6.07, 6.45) is 1.12. The van der Waals surface area contributed by atoms with Crippen molar-refractivity contribution in [3.63, 3.8) is 0 Å². The van der Waals surface area contributed by atoms with Gasteiger partial charge in [-0.15, -0.1) is 0 Å². The first-order valence-corrected chi connectivity index (χ1v) is 5.99. The van der Waals surface area contributed by atoms with Gasteiger partial charge in [0, 0.05) is 12.1 Å². The third kappa shape index (κ3) is 2.71. The summed E-state index contributed by atoms with van der Waals surface area (Å²) in [5.74, 6) is 0. The van der Waals surface area contributed by atoms with E-state index in [4.69, 9.17) is 0 Å². The molecule has 0 bridgehead atoms. The molecular weight excluding hydrogens is 212 g/mol. The number of rotatable bonds is 5. The second-order valence-corrected chi connectivity index (χ2v) is 4.11. The molecule has 0 atom stereocenters. The Labute approximate surface area is 101 Å². The molecule has 0 amide bonds. The van der Waals surface area contributed by atoms with Crippen LogP contribution in [0.5, 0.6) is 0 Å². The highest BCUT2D eigenvalue weighted by Crippen LogP contribution is 2.22. The lowest BCUT2D eigenvalue weighted by Gasteiger charge is -2.05. The maximum absolute atomic E-state index is 4.25. The first-order valence-electron chi connectivity index (χ1n) is 5.99. The minimum absolute atomic E-state index is 0.758. The van der Waals surface area contributed by atoms with Crippen LogP contribution in [0.3, 0.4) is 0 Å². The number of benzene rings is 1. The summed E-state index contributed by atoms with van der Waals surface area (Å²) in [5, 5.41) is 14.5. The fourth-order valence-corrected chi connectivity index (χ4v) is 1.81. The number of nitrogens with zero attached hydrogens (tertiary/aromatic N) is 2. The van der Waals surface area contributed by atoms with Crippen LogP contribution >= 0.6 is 0 Å². The molecule has 0 fully saturated rings. The van der Waals surface area contributed by atoms with Gasteiger partial charge in [-0.25, -0.2) is 0 Å². The lowest BCUT2D eigenvalue weighted by atomic mass is 10.0. The van der Waals surface area contributed by atoms with Crippen LogP contribution in [0.25, 0.3) is 11.3 Å². The van der Waals surface area contributed by atoms with Gasteiger partial charge in [0.1, 0.15) is 11.4 Å². The summed E-state index contributed by atoms with van der Waals surface area (Å²) in [6, 6.07) is 8.23. The monoisotopic (exact) mass is 230 g/mol. The number of aromatic amines is 1. The molecule has 0 saturated heterocycles. The molecule has 0 aliphatic heterocycles. The number of hydrogen-bond acceptors (Lipinski definition) is 3. The molecule has 0 aliphatic carbocycles. The van der Waals surface area contributed by atoms with Crippen molar-refractivity contribution < 1.29 is 0 Å². The highest BCUT2D eigenvalue weighted by molar-refractivity contribution is 5.64. The molecular formula is C13H18N4. The van der Waals surface area contributed by atoms with Crippen molar-refractivity contribution in [3.05, 3.63) is 35.5 Å². The molecule has 2 N–H and O–H groups in total. The van der Waals surface area contributed by atoms with Gasteiger partial charge in [-0.2, -0.15) is 15.4 Å². The fourth-order valence-electron chi connectivity index (χ4n) is 1.81. The number of H-pyrrole nitrogens is 1. The Hall–Kier alpha value is -1.68. The highest BCUT2D eigenvalue weighted by Gasteiger charge is 2.11. The van der Waals surface area contributed by atoms with Crippen molar-refractivity contribution in [3.8, 4) is 11.3 Å². The van der Waals surface area contributed by atoms with Crippen LogP contribution in [0.15, 0.2) is 24.3 Å². The van der Waals surface area contributed by atoms with E-state index in [1.54, 1.807) is 0 Å². The van der Waals surface area contributed by atoms with Crippen molar-refractivity contribution >= 4 is 0 Å². The Bertz CT molecular complexity index is 476. The zero-order valence-corrected chi connectivity index (χ0v) is 10.3. The second kappa shape index (κ2) is 5.59. The van der Waals surface area contributed by atoms with Gasteiger partial charge in [0.05, 0.1) is 0 Å². The van der Waals surface area contributed by atoms with E-state index >= 15 is 0 Å². The molecule has 1 heterocycles.